The van der Waals surface area contributed by atoms with Crippen molar-refractivity contribution in [1.82, 2.24) is 14.8 Å². The summed E-state index contributed by atoms with van der Waals surface area (Å²) in [5, 5.41) is 8.35. The maximum Gasteiger partial charge on any atom is 0.265 e. The van der Waals surface area contributed by atoms with E-state index in [9.17, 15) is 4.79 Å². The fourth-order valence-corrected chi connectivity index (χ4v) is 3.93. The Bertz CT molecular complexity index is 1330. The van der Waals surface area contributed by atoms with Gasteiger partial charge in [0.1, 0.15) is 13.2 Å². The Morgan fingerprint density at radius 3 is 2.64 bits per heavy atom. The van der Waals surface area contributed by atoms with Crippen molar-refractivity contribution < 1.29 is 19.0 Å². The van der Waals surface area contributed by atoms with Crippen LogP contribution >= 0.6 is 0 Å². The second-order valence-electron chi connectivity index (χ2n) is 7.89. The van der Waals surface area contributed by atoms with E-state index in [1.54, 1.807) is 29.8 Å². The molecule has 1 aliphatic rings. The number of carbonyl (C=O) groups is 1. The van der Waals surface area contributed by atoms with E-state index in [0.717, 1.165) is 22.2 Å². The molecule has 1 aliphatic heterocycles. The van der Waals surface area contributed by atoms with Crippen molar-refractivity contribution in [2.45, 2.75) is 20.0 Å². The Labute approximate surface area is 191 Å². The Balaban J connectivity index is 1.40. The summed E-state index contributed by atoms with van der Waals surface area (Å²) in [6, 6.07) is 17.2. The first-order valence-electron chi connectivity index (χ1n) is 10.8. The zero-order valence-electron chi connectivity index (χ0n) is 18.7. The van der Waals surface area contributed by atoms with E-state index < -0.39 is 6.10 Å². The number of hydrogen-bond donors (Lipinski definition) is 1. The van der Waals surface area contributed by atoms with Crippen LogP contribution in [0.2, 0.25) is 0 Å². The molecule has 0 fully saturated rings. The van der Waals surface area contributed by atoms with E-state index in [4.69, 9.17) is 14.2 Å². The minimum Gasteiger partial charge on any atom is -0.486 e. The number of nitrogens with one attached hydrogen (secondary N) is 1. The molecule has 1 N–H and O–H groups in total. The zero-order chi connectivity index (χ0) is 22.9. The van der Waals surface area contributed by atoms with Crippen LogP contribution < -0.4 is 19.5 Å². The lowest BCUT2D eigenvalue weighted by molar-refractivity contribution is -0.122. The van der Waals surface area contributed by atoms with Crippen molar-refractivity contribution >= 4 is 22.6 Å². The molecule has 1 amide bonds. The summed E-state index contributed by atoms with van der Waals surface area (Å²) in [5.74, 6) is 1.34. The number of nitrogens with zero attached hydrogens (tertiary/aromatic N) is 3. The molecule has 0 spiro atoms. The maximum atomic E-state index is 12.8. The molecule has 5 rings (SSSR count). The SMILES string of the molecule is Cc1nn(C)c2nc(O[C@@H](C)C(=O)Nc3ccc4c(c3)OCCO4)cc(-c3ccccc3)c12. The first-order valence-corrected chi connectivity index (χ1v) is 10.8. The second-order valence-corrected chi connectivity index (χ2v) is 7.89. The van der Waals surface area contributed by atoms with Crippen LogP contribution in [-0.4, -0.2) is 40.0 Å². The summed E-state index contributed by atoms with van der Waals surface area (Å²) < 4.78 is 18.8. The van der Waals surface area contributed by atoms with Crippen LogP contribution in [0.15, 0.2) is 54.6 Å². The number of ether oxygens (including phenoxy) is 3. The van der Waals surface area contributed by atoms with Crippen molar-refractivity contribution in [3.8, 4) is 28.5 Å². The molecule has 0 saturated heterocycles. The van der Waals surface area contributed by atoms with Crippen molar-refractivity contribution in [3.63, 3.8) is 0 Å². The Hall–Kier alpha value is -4.07. The molecular formula is C25H24N4O4. The van der Waals surface area contributed by atoms with Crippen molar-refractivity contribution in [2.75, 3.05) is 18.5 Å². The van der Waals surface area contributed by atoms with Crippen LogP contribution in [0.1, 0.15) is 12.6 Å². The van der Waals surface area contributed by atoms with Gasteiger partial charge in [0.2, 0.25) is 5.88 Å². The molecule has 2 aromatic carbocycles. The molecule has 0 unspecified atom stereocenters. The van der Waals surface area contributed by atoms with Crippen LogP contribution in [0.3, 0.4) is 0 Å². The number of anilines is 1. The maximum absolute atomic E-state index is 12.8. The van der Waals surface area contributed by atoms with Gasteiger partial charge in [-0.1, -0.05) is 30.3 Å². The van der Waals surface area contributed by atoms with Gasteiger partial charge in [0, 0.05) is 24.9 Å². The Kier molecular flexibility index (Phi) is 5.34. The minimum atomic E-state index is -0.777. The summed E-state index contributed by atoms with van der Waals surface area (Å²) in [4.78, 5) is 17.5. The molecule has 168 valence electrons. The van der Waals surface area contributed by atoms with E-state index >= 15 is 0 Å². The zero-order valence-corrected chi connectivity index (χ0v) is 18.7. The van der Waals surface area contributed by atoms with Gasteiger partial charge in [-0.15, -0.1) is 0 Å². The number of carbonyl (C=O) groups excluding carboxylic acids is 1. The lowest BCUT2D eigenvalue weighted by Crippen LogP contribution is -2.30. The van der Waals surface area contributed by atoms with E-state index in [1.807, 2.05) is 50.4 Å². The van der Waals surface area contributed by atoms with Gasteiger partial charge in [-0.25, -0.2) is 0 Å². The number of fused-ring (bicyclic) bond motifs is 2. The van der Waals surface area contributed by atoms with Crippen LogP contribution in [0.4, 0.5) is 5.69 Å². The van der Waals surface area contributed by atoms with Gasteiger partial charge in [0.25, 0.3) is 5.91 Å². The van der Waals surface area contributed by atoms with Crippen molar-refractivity contribution in [1.29, 1.82) is 0 Å². The third-order valence-corrected chi connectivity index (χ3v) is 5.51. The Morgan fingerprint density at radius 1 is 1.09 bits per heavy atom. The van der Waals surface area contributed by atoms with Crippen molar-refractivity contribution in [3.05, 3.63) is 60.3 Å². The molecule has 0 aliphatic carbocycles. The van der Waals surface area contributed by atoms with Crippen LogP contribution in [0.5, 0.6) is 17.4 Å². The van der Waals surface area contributed by atoms with Gasteiger partial charge >= 0.3 is 0 Å². The second kappa shape index (κ2) is 8.46. The summed E-state index contributed by atoms with van der Waals surface area (Å²) in [6.45, 7) is 4.65. The van der Waals surface area contributed by atoms with Gasteiger partial charge in [0.15, 0.2) is 23.3 Å². The molecular weight excluding hydrogens is 420 g/mol. The average Bonchev–Trinajstić information content (AvgIpc) is 3.12. The van der Waals surface area contributed by atoms with Gasteiger partial charge < -0.3 is 19.5 Å². The minimum absolute atomic E-state index is 0.295. The molecule has 1 atom stereocenters. The quantitative estimate of drug-likeness (QED) is 0.498. The third kappa shape index (κ3) is 4.07. The molecule has 0 radical (unpaired) electrons. The fraction of sp³-hybridized carbons (Fsp3) is 0.240. The number of aromatic nitrogens is 3. The highest BCUT2D eigenvalue weighted by Gasteiger charge is 2.20. The number of pyridine rings is 1. The smallest absolute Gasteiger partial charge is 0.265 e. The highest BCUT2D eigenvalue weighted by Crippen LogP contribution is 2.34. The molecule has 8 heteroatoms. The predicted molar refractivity (Wildman–Crippen MR) is 125 cm³/mol. The summed E-state index contributed by atoms with van der Waals surface area (Å²) in [7, 11) is 1.85. The molecule has 2 aromatic heterocycles. The summed E-state index contributed by atoms with van der Waals surface area (Å²) >= 11 is 0. The number of rotatable bonds is 5. The fourth-order valence-electron chi connectivity index (χ4n) is 3.93. The highest BCUT2D eigenvalue weighted by molar-refractivity contribution is 5.96. The number of amides is 1. The van der Waals surface area contributed by atoms with Crippen molar-refractivity contribution in [2.24, 2.45) is 7.05 Å². The molecule has 8 nitrogen and oxygen atoms in total. The largest absolute Gasteiger partial charge is 0.486 e. The molecule has 4 aromatic rings. The van der Waals surface area contributed by atoms with Crippen LogP contribution in [0, 0.1) is 6.92 Å². The molecule has 0 bridgehead atoms. The standard InChI is InChI=1S/C25H24N4O4/c1-15-23-19(17-7-5-4-6-8-17)14-22(27-24(23)29(3)28-15)33-16(2)25(30)26-18-9-10-20-21(13-18)32-12-11-31-20/h4-10,13-14,16H,11-12H2,1-3H3,(H,26,30)/t16-/m0/s1. The summed E-state index contributed by atoms with van der Waals surface area (Å²) in [6.07, 6.45) is -0.777. The van der Waals surface area contributed by atoms with Crippen LogP contribution in [0.25, 0.3) is 22.2 Å². The highest BCUT2D eigenvalue weighted by atomic mass is 16.6. The predicted octanol–water partition coefficient (Wildman–Crippen LogP) is 4.12. The lowest BCUT2D eigenvalue weighted by atomic mass is 10.0. The van der Waals surface area contributed by atoms with E-state index in [0.29, 0.717) is 41.9 Å². The van der Waals surface area contributed by atoms with E-state index in [2.05, 4.69) is 15.4 Å². The first-order chi connectivity index (χ1) is 16.0. The third-order valence-electron chi connectivity index (χ3n) is 5.51. The summed E-state index contributed by atoms with van der Waals surface area (Å²) in [5.41, 5.74) is 4.17. The lowest BCUT2D eigenvalue weighted by Gasteiger charge is -2.20. The molecule has 33 heavy (non-hydrogen) atoms. The number of aryl methyl sites for hydroxylation is 2. The van der Waals surface area contributed by atoms with Crippen LogP contribution in [-0.2, 0) is 11.8 Å². The monoisotopic (exact) mass is 444 g/mol. The topological polar surface area (TPSA) is 87.5 Å². The normalized spacial score (nSPS) is 13.5. The average molecular weight is 444 g/mol. The molecule has 3 heterocycles. The number of hydrogen-bond acceptors (Lipinski definition) is 6. The van der Waals surface area contributed by atoms with Gasteiger partial charge in [-0.3, -0.25) is 9.48 Å². The van der Waals surface area contributed by atoms with Gasteiger partial charge in [-0.05, 0) is 37.1 Å². The van der Waals surface area contributed by atoms with Gasteiger partial charge in [0.05, 0.1) is 11.1 Å². The van der Waals surface area contributed by atoms with E-state index in [-0.39, 0.29) is 5.91 Å². The first kappa shape index (κ1) is 20.8. The number of benzene rings is 2. The molecule has 0 saturated carbocycles. The van der Waals surface area contributed by atoms with Gasteiger partial charge in [-0.2, -0.15) is 10.1 Å². The van der Waals surface area contributed by atoms with E-state index in [1.165, 1.54) is 0 Å². The Morgan fingerprint density at radius 2 is 1.85 bits per heavy atom.